The van der Waals surface area contributed by atoms with Gasteiger partial charge in [-0.2, -0.15) is 0 Å². The number of halogens is 2. The van der Waals surface area contributed by atoms with Crippen molar-refractivity contribution in [3.8, 4) is 0 Å². The molecule has 8 heteroatoms. The standard InChI is InChI=1S/C16H14Br2N2O4/c17-7-3-1-6(2-4-7)14(21)19-20-15(22)10-8-5-9-11(10)16(23)24-13(9)12(8)18/h1-4,8-13H,5H2,(H,19,21)(H,20,22)/t8-,9-,10-,11-,12+,13+/m1/s1. The van der Waals surface area contributed by atoms with E-state index < -0.39 is 17.7 Å². The van der Waals surface area contributed by atoms with Crippen LogP contribution in [-0.4, -0.2) is 28.7 Å². The lowest BCUT2D eigenvalue weighted by Crippen LogP contribution is -2.49. The number of ether oxygens (including phenoxy) is 1. The molecule has 0 radical (unpaired) electrons. The number of fused-ring (bicyclic) bond motifs is 1. The van der Waals surface area contributed by atoms with Crippen LogP contribution in [0.4, 0.5) is 0 Å². The van der Waals surface area contributed by atoms with Gasteiger partial charge >= 0.3 is 5.97 Å². The van der Waals surface area contributed by atoms with Gasteiger partial charge in [-0.3, -0.25) is 25.2 Å². The summed E-state index contributed by atoms with van der Waals surface area (Å²) in [5.74, 6) is -1.73. The number of rotatable bonds is 2. The first-order valence-electron chi connectivity index (χ1n) is 7.67. The van der Waals surface area contributed by atoms with E-state index in [1.165, 1.54) is 0 Å². The minimum Gasteiger partial charge on any atom is -0.461 e. The first kappa shape index (κ1) is 16.1. The van der Waals surface area contributed by atoms with Gasteiger partial charge in [-0.15, -0.1) is 0 Å². The number of benzene rings is 1. The lowest BCUT2D eigenvalue weighted by atomic mass is 9.79. The monoisotopic (exact) mass is 456 g/mol. The zero-order valence-electron chi connectivity index (χ0n) is 12.4. The minimum atomic E-state index is -0.462. The molecule has 0 spiro atoms. The van der Waals surface area contributed by atoms with E-state index >= 15 is 0 Å². The van der Waals surface area contributed by atoms with Gasteiger partial charge < -0.3 is 4.74 Å². The fraction of sp³-hybridized carbons (Fsp3) is 0.438. The Kier molecular flexibility index (Phi) is 3.91. The summed E-state index contributed by atoms with van der Waals surface area (Å²) in [6.07, 6.45) is 0.685. The molecule has 0 aromatic heterocycles. The van der Waals surface area contributed by atoms with Crippen LogP contribution in [0, 0.1) is 23.7 Å². The highest BCUT2D eigenvalue weighted by molar-refractivity contribution is 9.10. The summed E-state index contributed by atoms with van der Waals surface area (Å²) in [5, 5.41) is 0. The van der Waals surface area contributed by atoms with E-state index in [0.29, 0.717) is 5.56 Å². The van der Waals surface area contributed by atoms with Crippen molar-refractivity contribution in [2.45, 2.75) is 17.4 Å². The van der Waals surface area contributed by atoms with E-state index in [2.05, 4.69) is 42.7 Å². The molecule has 2 N–H and O–H groups in total. The molecule has 4 rings (SSSR count). The zero-order valence-corrected chi connectivity index (χ0v) is 15.5. The molecule has 2 amide bonds. The highest BCUT2D eigenvalue weighted by Gasteiger charge is 2.67. The molecule has 1 heterocycles. The van der Waals surface area contributed by atoms with E-state index in [1.807, 2.05) is 0 Å². The van der Waals surface area contributed by atoms with Crippen LogP contribution in [0.5, 0.6) is 0 Å². The SMILES string of the molecule is O=C(NNC(=O)[C@@H]1[C@H]2C[C@H]3[C@H](OC(=O)[C@H]31)[C@H]2Br)c1ccc(Br)cc1. The molecule has 6 atom stereocenters. The third-order valence-corrected chi connectivity index (χ3v) is 6.96. The number of hydrazine groups is 1. The first-order valence-corrected chi connectivity index (χ1v) is 9.38. The summed E-state index contributed by atoms with van der Waals surface area (Å²) < 4.78 is 6.24. The maximum atomic E-state index is 12.5. The molecule has 3 aliphatic rings. The van der Waals surface area contributed by atoms with Gasteiger partial charge in [0.15, 0.2) is 0 Å². The van der Waals surface area contributed by atoms with E-state index in [4.69, 9.17) is 4.74 Å². The zero-order chi connectivity index (χ0) is 17.0. The van der Waals surface area contributed by atoms with Gasteiger partial charge in [0.05, 0.1) is 16.7 Å². The fourth-order valence-electron chi connectivity index (χ4n) is 4.21. The van der Waals surface area contributed by atoms with Crippen molar-refractivity contribution in [2.24, 2.45) is 23.7 Å². The number of carbonyl (C=O) groups excluding carboxylic acids is 3. The third-order valence-electron chi connectivity index (χ3n) is 5.23. The second kappa shape index (κ2) is 5.84. The predicted molar refractivity (Wildman–Crippen MR) is 90.9 cm³/mol. The molecule has 1 aromatic rings. The Hall–Kier alpha value is -1.41. The van der Waals surface area contributed by atoms with Crippen molar-refractivity contribution in [1.29, 1.82) is 0 Å². The Morgan fingerprint density at radius 1 is 1.12 bits per heavy atom. The van der Waals surface area contributed by atoms with Gasteiger partial charge in [-0.25, -0.2) is 0 Å². The van der Waals surface area contributed by atoms with Gasteiger partial charge in [0.25, 0.3) is 5.91 Å². The average Bonchev–Trinajstić information content (AvgIpc) is 3.17. The number of hydrogen-bond acceptors (Lipinski definition) is 4. The molecule has 1 aliphatic heterocycles. The Morgan fingerprint density at radius 3 is 2.54 bits per heavy atom. The highest BCUT2D eigenvalue weighted by atomic mass is 79.9. The van der Waals surface area contributed by atoms with Crippen LogP contribution in [0.25, 0.3) is 0 Å². The van der Waals surface area contributed by atoms with Crippen LogP contribution >= 0.6 is 31.9 Å². The van der Waals surface area contributed by atoms with Crippen molar-refractivity contribution < 1.29 is 19.1 Å². The molecule has 1 aromatic carbocycles. The molecule has 2 aliphatic carbocycles. The quantitative estimate of drug-likeness (QED) is 0.402. The normalized spacial score (nSPS) is 35.7. The van der Waals surface area contributed by atoms with E-state index in [0.717, 1.165) is 10.9 Å². The predicted octanol–water partition coefficient (Wildman–Crippen LogP) is 1.78. The van der Waals surface area contributed by atoms with Crippen LogP contribution in [0.1, 0.15) is 16.8 Å². The molecule has 6 nitrogen and oxygen atoms in total. The van der Waals surface area contributed by atoms with Gasteiger partial charge in [0, 0.05) is 16.0 Å². The molecular weight excluding hydrogens is 444 g/mol. The van der Waals surface area contributed by atoms with Gasteiger partial charge in [-0.1, -0.05) is 31.9 Å². The smallest absolute Gasteiger partial charge is 0.310 e. The number of nitrogens with one attached hydrogen (secondary N) is 2. The number of amides is 2. The van der Waals surface area contributed by atoms with Crippen molar-refractivity contribution in [3.63, 3.8) is 0 Å². The minimum absolute atomic E-state index is 0.00289. The number of alkyl halides is 1. The summed E-state index contributed by atoms with van der Waals surface area (Å²) in [4.78, 5) is 36.7. The maximum Gasteiger partial charge on any atom is 0.310 e. The Bertz CT molecular complexity index is 723. The van der Waals surface area contributed by atoms with Gasteiger partial charge in [-0.05, 0) is 36.6 Å². The van der Waals surface area contributed by atoms with E-state index in [-0.39, 0.29) is 34.6 Å². The molecule has 24 heavy (non-hydrogen) atoms. The molecule has 126 valence electrons. The van der Waals surface area contributed by atoms with Crippen molar-refractivity contribution in [3.05, 3.63) is 34.3 Å². The summed E-state index contributed by atoms with van der Waals surface area (Å²) in [6.45, 7) is 0. The van der Waals surface area contributed by atoms with Crippen molar-refractivity contribution in [1.82, 2.24) is 10.9 Å². The molecule has 3 fully saturated rings. The van der Waals surface area contributed by atoms with Gasteiger partial charge in [0.1, 0.15) is 6.10 Å². The summed E-state index contributed by atoms with van der Waals surface area (Å²) in [7, 11) is 0. The topological polar surface area (TPSA) is 84.5 Å². The summed E-state index contributed by atoms with van der Waals surface area (Å²) in [5.41, 5.74) is 5.32. The summed E-state index contributed by atoms with van der Waals surface area (Å²) in [6, 6.07) is 6.79. The average molecular weight is 458 g/mol. The van der Waals surface area contributed by atoms with Crippen LogP contribution in [0.15, 0.2) is 28.7 Å². The van der Waals surface area contributed by atoms with Crippen LogP contribution in [0.2, 0.25) is 0 Å². The van der Waals surface area contributed by atoms with E-state index in [9.17, 15) is 14.4 Å². The molecular formula is C16H14Br2N2O4. The van der Waals surface area contributed by atoms with Crippen LogP contribution in [0.3, 0.4) is 0 Å². The molecule has 2 bridgehead atoms. The Morgan fingerprint density at radius 2 is 1.83 bits per heavy atom. The molecule has 2 saturated carbocycles. The Balaban J connectivity index is 1.43. The van der Waals surface area contributed by atoms with Crippen LogP contribution in [-0.2, 0) is 14.3 Å². The Labute approximate surface area is 154 Å². The number of carbonyl (C=O) groups is 3. The molecule has 0 unspecified atom stereocenters. The lowest BCUT2D eigenvalue weighted by molar-refractivity contribution is -0.146. The number of hydrogen-bond donors (Lipinski definition) is 2. The summed E-state index contributed by atoms with van der Waals surface area (Å²) >= 11 is 6.86. The second-order valence-electron chi connectivity index (χ2n) is 6.41. The first-order chi connectivity index (χ1) is 11.5. The lowest BCUT2D eigenvalue weighted by Gasteiger charge is -2.27. The van der Waals surface area contributed by atoms with E-state index in [1.54, 1.807) is 24.3 Å². The van der Waals surface area contributed by atoms with Gasteiger partial charge in [0.2, 0.25) is 5.91 Å². The number of esters is 1. The van der Waals surface area contributed by atoms with Crippen molar-refractivity contribution in [2.75, 3.05) is 0 Å². The second-order valence-corrected chi connectivity index (χ2v) is 8.38. The highest BCUT2D eigenvalue weighted by Crippen LogP contribution is 2.59. The van der Waals surface area contributed by atoms with Crippen LogP contribution < -0.4 is 10.9 Å². The largest absolute Gasteiger partial charge is 0.461 e. The molecule has 1 saturated heterocycles. The fourth-order valence-corrected chi connectivity index (χ4v) is 5.51. The maximum absolute atomic E-state index is 12.5. The third kappa shape index (κ3) is 2.38. The van der Waals surface area contributed by atoms with Crippen molar-refractivity contribution >= 4 is 49.6 Å².